The predicted octanol–water partition coefficient (Wildman–Crippen LogP) is 5.54. The molecule has 35 heavy (non-hydrogen) atoms. The molecule has 4 aromatic rings. The molecule has 172 valence electrons. The van der Waals surface area contributed by atoms with Gasteiger partial charge in [-0.1, -0.05) is 84.4 Å². The summed E-state index contributed by atoms with van der Waals surface area (Å²) in [5.74, 6) is -1.41. The summed E-state index contributed by atoms with van der Waals surface area (Å²) >= 11 is 0. The summed E-state index contributed by atoms with van der Waals surface area (Å²) in [6, 6.07) is 27.2. The van der Waals surface area contributed by atoms with Gasteiger partial charge in [-0.15, -0.1) is 5.10 Å². The van der Waals surface area contributed by atoms with Gasteiger partial charge in [0.1, 0.15) is 0 Å². The molecule has 0 radical (unpaired) electrons. The van der Waals surface area contributed by atoms with Crippen LogP contribution in [0.25, 0.3) is 11.1 Å². The third kappa shape index (κ3) is 4.10. The molecule has 5 rings (SSSR count). The minimum absolute atomic E-state index is 0.0219. The molecule has 2 heterocycles. The number of hydrogen-bond acceptors (Lipinski definition) is 5. The summed E-state index contributed by atoms with van der Waals surface area (Å²) in [4.78, 5) is 28.2. The lowest BCUT2D eigenvalue weighted by Gasteiger charge is -2.26. The normalized spacial score (nSPS) is 15.5. The number of hydrogen-bond donors (Lipinski definition) is 1. The Morgan fingerprint density at radius 2 is 1.46 bits per heavy atom. The zero-order valence-corrected chi connectivity index (χ0v) is 19.3. The number of amides is 1. The van der Waals surface area contributed by atoms with E-state index in [1.54, 1.807) is 31.2 Å². The SMILES string of the molecule is Cc1ccc(C(=O)C2=C(O)C(=O)N(c3ccc(C)nn3)C2c2ccc(-c3ccccc3)cc2)cc1. The number of carbonyl (C=O) groups excluding carboxylic acids is 2. The molecule has 6 heteroatoms. The second-order valence-corrected chi connectivity index (χ2v) is 8.56. The van der Waals surface area contributed by atoms with Crippen molar-refractivity contribution in [2.75, 3.05) is 4.90 Å². The summed E-state index contributed by atoms with van der Waals surface area (Å²) in [7, 11) is 0. The first kappa shape index (κ1) is 22.2. The third-order valence-electron chi connectivity index (χ3n) is 6.13. The van der Waals surface area contributed by atoms with Crippen molar-refractivity contribution in [2.45, 2.75) is 19.9 Å². The third-order valence-corrected chi connectivity index (χ3v) is 6.13. The van der Waals surface area contributed by atoms with Gasteiger partial charge in [-0.2, -0.15) is 5.10 Å². The number of Topliss-reactive ketones (excluding diaryl/α,β-unsaturated/α-hetero) is 1. The Labute approximate surface area is 203 Å². The van der Waals surface area contributed by atoms with E-state index in [0.29, 0.717) is 16.8 Å². The molecule has 1 amide bonds. The van der Waals surface area contributed by atoms with Gasteiger partial charge in [0, 0.05) is 5.56 Å². The number of aromatic nitrogens is 2. The molecule has 0 fully saturated rings. The van der Waals surface area contributed by atoms with Crippen molar-refractivity contribution in [2.24, 2.45) is 0 Å². The van der Waals surface area contributed by atoms with Crippen LogP contribution < -0.4 is 4.90 Å². The number of benzene rings is 3. The van der Waals surface area contributed by atoms with Crippen LogP contribution in [0.15, 0.2) is 102 Å². The summed E-state index contributed by atoms with van der Waals surface area (Å²) < 4.78 is 0. The van der Waals surface area contributed by atoms with Gasteiger partial charge in [0.2, 0.25) is 0 Å². The molecule has 0 aliphatic carbocycles. The van der Waals surface area contributed by atoms with Crippen LogP contribution in [0.1, 0.15) is 33.2 Å². The van der Waals surface area contributed by atoms with Crippen molar-refractivity contribution < 1.29 is 14.7 Å². The number of aliphatic hydroxyl groups excluding tert-OH is 1. The second kappa shape index (κ2) is 8.99. The van der Waals surface area contributed by atoms with Crippen molar-refractivity contribution >= 4 is 17.5 Å². The van der Waals surface area contributed by atoms with Crippen molar-refractivity contribution in [1.82, 2.24) is 10.2 Å². The lowest BCUT2D eigenvalue weighted by Crippen LogP contribution is -2.32. The Balaban J connectivity index is 1.62. The second-order valence-electron chi connectivity index (χ2n) is 8.56. The van der Waals surface area contributed by atoms with Crippen LogP contribution in [-0.2, 0) is 4.79 Å². The van der Waals surface area contributed by atoms with Crippen LogP contribution in [0.2, 0.25) is 0 Å². The van der Waals surface area contributed by atoms with E-state index in [1.165, 1.54) is 4.90 Å². The highest BCUT2D eigenvalue weighted by molar-refractivity contribution is 6.20. The Hall–Kier alpha value is -4.58. The fraction of sp³-hybridized carbons (Fsp3) is 0.103. The van der Waals surface area contributed by atoms with Crippen LogP contribution in [0, 0.1) is 13.8 Å². The average Bonchev–Trinajstić information content (AvgIpc) is 3.15. The van der Waals surface area contributed by atoms with Gasteiger partial charge in [-0.25, -0.2) is 0 Å². The summed E-state index contributed by atoms with van der Waals surface area (Å²) in [6.07, 6.45) is 0. The van der Waals surface area contributed by atoms with E-state index in [1.807, 2.05) is 73.7 Å². The zero-order chi connectivity index (χ0) is 24.5. The maximum atomic E-state index is 13.6. The van der Waals surface area contributed by atoms with Gasteiger partial charge >= 0.3 is 0 Å². The average molecular weight is 462 g/mol. The van der Waals surface area contributed by atoms with E-state index in [2.05, 4.69) is 10.2 Å². The quantitative estimate of drug-likeness (QED) is 0.394. The van der Waals surface area contributed by atoms with Crippen molar-refractivity contribution in [1.29, 1.82) is 0 Å². The van der Waals surface area contributed by atoms with Gasteiger partial charge < -0.3 is 5.11 Å². The molecule has 1 aliphatic rings. The van der Waals surface area contributed by atoms with Crippen molar-refractivity contribution in [3.63, 3.8) is 0 Å². The minimum atomic E-state index is -0.849. The molecule has 6 nitrogen and oxygen atoms in total. The first-order chi connectivity index (χ1) is 16.9. The van der Waals surface area contributed by atoms with Crippen LogP contribution >= 0.6 is 0 Å². The molecule has 1 aliphatic heterocycles. The molecule has 0 saturated heterocycles. The van der Waals surface area contributed by atoms with Crippen LogP contribution in [0.4, 0.5) is 5.82 Å². The number of ketones is 1. The molecule has 0 bridgehead atoms. The van der Waals surface area contributed by atoms with Crippen molar-refractivity contribution in [3.8, 4) is 11.1 Å². The fourth-order valence-electron chi connectivity index (χ4n) is 4.26. The highest BCUT2D eigenvalue weighted by Gasteiger charge is 2.45. The Morgan fingerprint density at radius 3 is 2.09 bits per heavy atom. The Morgan fingerprint density at radius 1 is 0.800 bits per heavy atom. The van der Waals surface area contributed by atoms with E-state index in [-0.39, 0.29) is 11.4 Å². The first-order valence-corrected chi connectivity index (χ1v) is 11.3. The number of carbonyl (C=O) groups is 2. The topological polar surface area (TPSA) is 83.4 Å². The van der Waals surface area contributed by atoms with Crippen LogP contribution in [0.5, 0.6) is 0 Å². The molecular weight excluding hydrogens is 438 g/mol. The van der Waals surface area contributed by atoms with Crippen LogP contribution in [0.3, 0.4) is 0 Å². The monoisotopic (exact) mass is 461 g/mol. The number of aliphatic hydroxyl groups is 1. The van der Waals surface area contributed by atoms with Gasteiger partial charge in [0.25, 0.3) is 5.91 Å². The van der Waals surface area contributed by atoms with Gasteiger partial charge in [-0.3, -0.25) is 14.5 Å². The van der Waals surface area contributed by atoms with Gasteiger partial charge in [0.05, 0.1) is 17.3 Å². The molecular formula is C29H23N3O3. The summed E-state index contributed by atoms with van der Waals surface area (Å²) in [5.41, 5.74) is 4.85. The smallest absolute Gasteiger partial charge is 0.295 e. The fourth-order valence-corrected chi connectivity index (χ4v) is 4.26. The molecule has 0 spiro atoms. The number of anilines is 1. The molecule has 1 N–H and O–H groups in total. The first-order valence-electron chi connectivity index (χ1n) is 11.3. The summed E-state index contributed by atoms with van der Waals surface area (Å²) in [6.45, 7) is 3.73. The largest absolute Gasteiger partial charge is 0.503 e. The maximum Gasteiger partial charge on any atom is 0.295 e. The Kier molecular flexibility index (Phi) is 5.71. The Bertz CT molecular complexity index is 1430. The lowest BCUT2D eigenvalue weighted by atomic mass is 9.91. The highest BCUT2D eigenvalue weighted by atomic mass is 16.3. The number of aryl methyl sites for hydroxylation is 2. The number of rotatable bonds is 5. The maximum absolute atomic E-state index is 13.6. The molecule has 3 aromatic carbocycles. The standard InChI is InChI=1S/C29H23N3O3/c1-18-8-11-23(12-9-18)27(33)25-26(22-15-13-21(14-16-22)20-6-4-3-5-7-20)32(29(35)28(25)34)24-17-10-19(2)30-31-24/h3-17,26,34H,1-2H3. The van der Waals surface area contributed by atoms with Gasteiger partial charge in [-0.05, 0) is 42.7 Å². The van der Waals surface area contributed by atoms with Gasteiger partial charge in [0.15, 0.2) is 17.4 Å². The van der Waals surface area contributed by atoms with E-state index in [9.17, 15) is 14.7 Å². The minimum Gasteiger partial charge on any atom is -0.503 e. The highest BCUT2D eigenvalue weighted by Crippen LogP contribution is 2.41. The number of nitrogens with zero attached hydrogens (tertiary/aromatic N) is 3. The molecule has 1 unspecified atom stereocenters. The molecule has 0 saturated carbocycles. The zero-order valence-electron chi connectivity index (χ0n) is 19.3. The predicted molar refractivity (Wildman–Crippen MR) is 134 cm³/mol. The lowest BCUT2D eigenvalue weighted by molar-refractivity contribution is -0.117. The van der Waals surface area contributed by atoms with E-state index >= 15 is 0 Å². The van der Waals surface area contributed by atoms with Crippen molar-refractivity contribution in [3.05, 3.63) is 125 Å². The van der Waals surface area contributed by atoms with Crippen LogP contribution in [-0.4, -0.2) is 27.0 Å². The molecule has 1 aromatic heterocycles. The van der Waals surface area contributed by atoms with E-state index in [0.717, 1.165) is 16.7 Å². The summed E-state index contributed by atoms with van der Waals surface area (Å²) in [5, 5.41) is 19.2. The van der Waals surface area contributed by atoms with E-state index in [4.69, 9.17) is 0 Å². The molecule has 1 atom stereocenters. The van der Waals surface area contributed by atoms with E-state index < -0.39 is 23.5 Å².